The van der Waals surface area contributed by atoms with Crippen LogP contribution in [0.4, 0.5) is 16.3 Å². The van der Waals surface area contributed by atoms with Gasteiger partial charge >= 0.3 is 6.03 Å². The molecule has 8 heteroatoms. The van der Waals surface area contributed by atoms with Crippen molar-refractivity contribution in [1.29, 1.82) is 0 Å². The zero-order chi connectivity index (χ0) is 22.2. The number of hydrogen-bond acceptors (Lipinski definition) is 5. The fraction of sp³-hybridized carbons (Fsp3) is 0.125. The van der Waals surface area contributed by atoms with Crippen molar-refractivity contribution in [3.63, 3.8) is 0 Å². The Morgan fingerprint density at radius 1 is 0.875 bits per heavy atom. The largest absolute Gasteiger partial charge is 0.455 e. The average Bonchev–Trinajstić information content (AvgIpc) is 2.82. The van der Waals surface area contributed by atoms with E-state index in [4.69, 9.17) is 4.74 Å². The van der Waals surface area contributed by atoms with Crippen molar-refractivity contribution in [3.05, 3.63) is 89.2 Å². The van der Waals surface area contributed by atoms with Crippen LogP contribution >= 0.6 is 0 Å². The first-order valence-electron chi connectivity index (χ1n) is 10.3. The summed E-state index contributed by atoms with van der Waals surface area (Å²) >= 11 is 0. The molecular weight excluding hydrogens is 406 g/mol. The van der Waals surface area contributed by atoms with E-state index in [1.165, 1.54) is 0 Å². The third-order valence-electron chi connectivity index (χ3n) is 4.73. The van der Waals surface area contributed by atoms with Crippen molar-refractivity contribution in [2.45, 2.75) is 6.42 Å². The highest BCUT2D eigenvalue weighted by molar-refractivity contribution is 5.91. The lowest BCUT2D eigenvalue weighted by Gasteiger charge is -2.13. The Morgan fingerprint density at radius 2 is 1.59 bits per heavy atom. The predicted octanol–water partition coefficient (Wildman–Crippen LogP) is 4.34. The summed E-state index contributed by atoms with van der Waals surface area (Å²) in [6.07, 6.45) is 0.671. The summed E-state index contributed by atoms with van der Waals surface area (Å²) in [5.74, 6) is 1.86. The van der Waals surface area contributed by atoms with Gasteiger partial charge < -0.3 is 20.7 Å². The number of carbonyl (C=O) groups excluding carboxylic acids is 1. The Morgan fingerprint density at radius 3 is 2.44 bits per heavy atom. The molecule has 0 unspecified atom stereocenters. The summed E-state index contributed by atoms with van der Waals surface area (Å²) < 4.78 is 5.86. The minimum absolute atomic E-state index is 0.221. The van der Waals surface area contributed by atoms with Crippen molar-refractivity contribution < 1.29 is 9.53 Å². The molecule has 0 aliphatic carbocycles. The number of urea groups is 1. The lowest BCUT2D eigenvalue weighted by atomic mass is 10.2. The fourth-order valence-electron chi connectivity index (χ4n) is 3.19. The van der Waals surface area contributed by atoms with E-state index in [0.29, 0.717) is 47.9 Å². The highest BCUT2D eigenvalue weighted by Crippen LogP contribution is 2.28. The second-order valence-electron chi connectivity index (χ2n) is 7.02. The number of amides is 2. The van der Waals surface area contributed by atoms with Crippen LogP contribution in [-0.4, -0.2) is 29.3 Å². The van der Waals surface area contributed by atoms with Crippen molar-refractivity contribution in [2.75, 3.05) is 23.7 Å². The molecule has 8 nitrogen and oxygen atoms in total. The highest BCUT2D eigenvalue weighted by Gasteiger charge is 2.08. The van der Waals surface area contributed by atoms with Gasteiger partial charge in [0.25, 0.3) is 5.56 Å². The Bertz CT molecular complexity index is 1260. The zero-order valence-electron chi connectivity index (χ0n) is 17.3. The number of hydrogen-bond donors (Lipinski definition) is 4. The number of nitrogens with one attached hydrogen (secondary N) is 4. The van der Waals surface area contributed by atoms with Crippen LogP contribution < -0.4 is 26.2 Å². The highest BCUT2D eigenvalue weighted by atomic mass is 16.5. The van der Waals surface area contributed by atoms with Gasteiger partial charge in [-0.1, -0.05) is 48.5 Å². The first kappa shape index (κ1) is 20.9. The third kappa shape index (κ3) is 5.23. The second kappa shape index (κ2) is 10.1. The van der Waals surface area contributed by atoms with E-state index in [2.05, 4.69) is 26.1 Å². The number of benzene rings is 3. The Balaban J connectivity index is 1.26. The quantitative estimate of drug-likeness (QED) is 0.312. The van der Waals surface area contributed by atoms with Crippen LogP contribution in [0.2, 0.25) is 0 Å². The van der Waals surface area contributed by atoms with Gasteiger partial charge in [0, 0.05) is 18.5 Å². The number of anilines is 2. The summed E-state index contributed by atoms with van der Waals surface area (Å²) in [5.41, 5.74) is 0.358. The van der Waals surface area contributed by atoms with Gasteiger partial charge in [0.2, 0.25) is 0 Å². The Labute approximate surface area is 184 Å². The van der Waals surface area contributed by atoms with E-state index in [-0.39, 0.29) is 11.6 Å². The number of nitrogens with zero attached hydrogens (tertiary/aromatic N) is 1. The molecule has 0 radical (unpaired) electrons. The number of aromatic amines is 1. The third-order valence-corrected chi connectivity index (χ3v) is 4.73. The molecule has 4 aromatic rings. The molecule has 0 atom stereocenters. The number of aromatic nitrogens is 2. The maximum Gasteiger partial charge on any atom is 0.319 e. The molecule has 1 aromatic heterocycles. The van der Waals surface area contributed by atoms with Crippen LogP contribution in [0.1, 0.15) is 6.42 Å². The van der Waals surface area contributed by atoms with Crippen LogP contribution in [0.5, 0.6) is 11.5 Å². The van der Waals surface area contributed by atoms with Crippen LogP contribution in [0.3, 0.4) is 0 Å². The second-order valence-corrected chi connectivity index (χ2v) is 7.02. The fourth-order valence-corrected chi connectivity index (χ4v) is 3.19. The number of H-pyrrole nitrogens is 1. The average molecular weight is 429 g/mol. The van der Waals surface area contributed by atoms with Crippen LogP contribution in [0.15, 0.2) is 83.7 Å². The van der Waals surface area contributed by atoms with E-state index in [1.807, 2.05) is 60.7 Å². The summed E-state index contributed by atoms with van der Waals surface area (Å²) in [4.78, 5) is 24.2. The smallest absolute Gasteiger partial charge is 0.319 e. The van der Waals surface area contributed by atoms with Gasteiger partial charge in [-0.25, -0.2) is 9.89 Å². The molecule has 162 valence electrons. The van der Waals surface area contributed by atoms with Gasteiger partial charge in [-0.05, 0) is 36.8 Å². The van der Waals surface area contributed by atoms with Crippen LogP contribution in [0, 0.1) is 0 Å². The van der Waals surface area contributed by atoms with Crippen molar-refractivity contribution in [3.8, 4) is 11.5 Å². The Kier molecular flexibility index (Phi) is 6.62. The molecule has 1 heterocycles. The van der Waals surface area contributed by atoms with Gasteiger partial charge in [-0.2, -0.15) is 5.10 Å². The lowest BCUT2D eigenvalue weighted by Crippen LogP contribution is -2.30. The molecule has 4 N–H and O–H groups in total. The molecule has 2 amide bonds. The van der Waals surface area contributed by atoms with Gasteiger partial charge in [-0.3, -0.25) is 4.79 Å². The van der Waals surface area contributed by atoms with E-state index in [0.717, 1.165) is 5.39 Å². The normalized spacial score (nSPS) is 10.5. The van der Waals surface area contributed by atoms with Crippen molar-refractivity contribution in [2.24, 2.45) is 0 Å². The van der Waals surface area contributed by atoms with E-state index in [9.17, 15) is 9.59 Å². The molecule has 0 aliphatic rings. The molecule has 0 bridgehead atoms. The van der Waals surface area contributed by atoms with E-state index < -0.39 is 0 Å². The van der Waals surface area contributed by atoms with E-state index in [1.54, 1.807) is 18.2 Å². The molecule has 0 saturated carbocycles. The van der Waals surface area contributed by atoms with Gasteiger partial charge in [0.15, 0.2) is 11.6 Å². The molecule has 0 fully saturated rings. The molecule has 32 heavy (non-hydrogen) atoms. The zero-order valence-corrected chi connectivity index (χ0v) is 17.3. The number of fused-ring (bicyclic) bond motifs is 1. The number of rotatable bonds is 8. The molecule has 0 aliphatic heterocycles. The lowest BCUT2D eigenvalue weighted by molar-refractivity contribution is 0.252. The Hall–Kier alpha value is -4.33. The molecule has 0 saturated heterocycles. The molecule has 4 rings (SSSR count). The maximum absolute atomic E-state index is 12.3. The number of carbonyl (C=O) groups is 1. The van der Waals surface area contributed by atoms with Gasteiger partial charge in [-0.15, -0.1) is 0 Å². The minimum atomic E-state index is -0.318. The maximum atomic E-state index is 12.3. The predicted molar refractivity (Wildman–Crippen MR) is 125 cm³/mol. The molecular formula is C24H23N5O3. The number of para-hydroxylation sites is 3. The summed E-state index contributed by atoms with van der Waals surface area (Å²) in [6.45, 7) is 1.04. The first-order chi connectivity index (χ1) is 15.7. The van der Waals surface area contributed by atoms with Crippen molar-refractivity contribution in [1.82, 2.24) is 15.5 Å². The van der Waals surface area contributed by atoms with Gasteiger partial charge in [0.05, 0.1) is 11.1 Å². The molecule has 3 aromatic carbocycles. The summed E-state index contributed by atoms with van der Waals surface area (Å²) in [6, 6.07) is 23.6. The monoisotopic (exact) mass is 429 g/mol. The molecule has 0 spiro atoms. The van der Waals surface area contributed by atoms with Crippen LogP contribution in [-0.2, 0) is 0 Å². The van der Waals surface area contributed by atoms with Crippen molar-refractivity contribution >= 4 is 28.3 Å². The summed E-state index contributed by atoms with van der Waals surface area (Å²) in [7, 11) is 0. The summed E-state index contributed by atoms with van der Waals surface area (Å²) in [5, 5.41) is 16.8. The number of ether oxygens (including phenoxy) is 1. The topological polar surface area (TPSA) is 108 Å². The minimum Gasteiger partial charge on any atom is -0.455 e. The van der Waals surface area contributed by atoms with E-state index >= 15 is 0 Å². The van der Waals surface area contributed by atoms with Gasteiger partial charge in [0.1, 0.15) is 5.75 Å². The standard InChI is InChI=1S/C24H23N5O3/c30-23-19-12-5-4-11-18(19)22(28-29-23)25-15-8-16-26-24(31)27-20-13-6-7-14-21(20)32-17-9-2-1-3-10-17/h1-7,9-14H,8,15-16H2,(H,25,28)(H,29,30)(H2,26,27,31). The first-order valence-corrected chi connectivity index (χ1v) is 10.3. The SMILES string of the molecule is O=C(NCCCNc1n[nH]c(=O)c2ccccc12)Nc1ccccc1Oc1ccccc1. The van der Waals surface area contributed by atoms with Crippen LogP contribution in [0.25, 0.3) is 10.8 Å².